The Hall–Kier alpha value is -2.13. The number of carbonyl (C=O) groups is 1. The number of aromatic nitrogens is 1. The van der Waals surface area contributed by atoms with Gasteiger partial charge in [0, 0.05) is 24.8 Å². The van der Waals surface area contributed by atoms with Gasteiger partial charge in [-0.05, 0) is 12.1 Å². The molecule has 1 aromatic heterocycles. The van der Waals surface area contributed by atoms with E-state index >= 15 is 0 Å². The SMILES string of the molecule is N#Cc1cc(N2CC(O)CC2C(=O)O)ccn1. The van der Waals surface area contributed by atoms with Gasteiger partial charge in [0.1, 0.15) is 17.8 Å². The quantitative estimate of drug-likeness (QED) is 0.744. The van der Waals surface area contributed by atoms with Crippen molar-refractivity contribution in [3.63, 3.8) is 0 Å². The molecule has 2 heterocycles. The first-order chi connectivity index (χ1) is 8.11. The predicted molar refractivity (Wildman–Crippen MR) is 58.3 cm³/mol. The number of carboxylic acids is 1. The lowest BCUT2D eigenvalue weighted by molar-refractivity contribution is -0.138. The standard InChI is InChI=1S/C11H11N3O3/c12-5-7-3-8(1-2-13-7)14-6-9(15)4-10(14)11(16)17/h1-3,9-10,15H,4,6H2,(H,16,17). The molecule has 0 aromatic carbocycles. The minimum Gasteiger partial charge on any atom is -0.480 e. The monoisotopic (exact) mass is 233 g/mol. The summed E-state index contributed by atoms with van der Waals surface area (Å²) in [6.45, 7) is 0.256. The summed E-state index contributed by atoms with van der Waals surface area (Å²) in [5.74, 6) is -0.975. The zero-order chi connectivity index (χ0) is 12.4. The minimum atomic E-state index is -0.975. The van der Waals surface area contributed by atoms with Gasteiger partial charge >= 0.3 is 5.97 Å². The number of aliphatic hydroxyl groups is 1. The van der Waals surface area contributed by atoms with Crippen molar-refractivity contribution in [2.75, 3.05) is 11.4 Å². The molecule has 0 saturated carbocycles. The van der Waals surface area contributed by atoms with Crippen LogP contribution in [0.1, 0.15) is 12.1 Å². The fourth-order valence-electron chi connectivity index (χ4n) is 1.99. The average molecular weight is 233 g/mol. The maximum atomic E-state index is 11.1. The van der Waals surface area contributed by atoms with E-state index < -0.39 is 18.1 Å². The Balaban J connectivity index is 2.32. The van der Waals surface area contributed by atoms with Crippen LogP contribution in [-0.2, 0) is 4.79 Å². The Labute approximate surface area is 97.7 Å². The number of carboxylic acid groups (broad SMARTS) is 1. The summed E-state index contributed by atoms with van der Waals surface area (Å²) in [6.07, 6.45) is 0.992. The fraction of sp³-hybridized carbons (Fsp3) is 0.364. The van der Waals surface area contributed by atoms with Crippen LogP contribution in [0.3, 0.4) is 0 Å². The van der Waals surface area contributed by atoms with E-state index in [-0.39, 0.29) is 18.7 Å². The van der Waals surface area contributed by atoms with Crippen molar-refractivity contribution < 1.29 is 15.0 Å². The summed E-state index contributed by atoms with van der Waals surface area (Å²) < 4.78 is 0. The maximum Gasteiger partial charge on any atom is 0.326 e. The Morgan fingerprint density at radius 1 is 1.65 bits per heavy atom. The molecule has 2 atom stereocenters. The highest BCUT2D eigenvalue weighted by Crippen LogP contribution is 2.25. The van der Waals surface area contributed by atoms with E-state index in [2.05, 4.69) is 4.98 Å². The van der Waals surface area contributed by atoms with Crippen LogP contribution in [0.25, 0.3) is 0 Å². The first kappa shape index (κ1) is 11.4. The maximum absolute atomic E-state index is 11.1. The van der Waals surface area contributed by atoms with Crippen molar-refractivity contribution in [1.82, 2.24) is 4.98 Å². The highest BCUT2D eigenvalue weighted by molar-refractivity contribution is 5.79. The molecule has 0 spiro atoms. The molecule has 0 bridgehead atoms. The number of anilines is 1. The smallest absolute Gasteiger partial charge is 0.326 e. The second-order valence-corrected chi connectivity index (χ2v) is 3.91. The van der Waals surface area contributed by atoms with Crippen LogP contribution in [0.15, 0.2) is 18.3 Å². The van der Waals surface area contributed by atoms with E-state index in [1.807, 2.05) is 6.07 Å². The minimum absolute atomic E-state index is 0.194. The summed E-state index contributed by atoms with van der Waals surface area (Å²) >= 11 is 0. The Morgan fingerprint density at radius 3 is 3.06 bits per heavy atom. The fourth-order valence-corrected chi connectivity index (χ4v) is 1.99. The van der Waals surface area contributed by atoms with Crippen molar-refractivity contribution in [1.29, 1.82) is 5.26 Å². The largest absolute Gasteiger partial charge is 0.480 e. The second-order valence-electron chi connectivity index (χ2n) is 3.91. The molecule has 1 saturated heterocycles. The number of nitrogens with zero attached hydrogens (tertiary/aromatic N) is 3. The van der Waals surface area contributed by atoms with Gasteiger partial charge in [-0.3, -0.25) is 0 Å². The molecule has 2 unspecified atom stereocenters. The van der Waals surface area contributed by atoms with E-state index in [0.717, 1.165) is 0 Å². The summed E-state index contributed by atoms with van der Waals surface area (Å²) in [6, 6.07) is 4.30. The number of hydrogen-bond donors (Lipinski definition) is 2. The van der Waals surface area contributed by atoms with Gasteiger partial charge < -0.3 is 15.1 Å². The van der Waals surface area contributed by atoms with E-state index in [9.17, 15) is 9.90 Å². The second kappa shape index (κ2) is 4.39. The zero-order valence-electron chi connectivity index (χ0n) is 8.95. The van der Waals surface area contributed by atoms with Gasteiger partial charge in [0.25, 0.3) is 0 Å². The van der Waals surface area contributed by atoms with Crippen molar-refractivity contribution in [3.8, 4) is 6.07 Å². The van der Waals surface area contributed by atoms with Gasteiger partial charge in [0.15, 0.2) is 0 Å². The van der Waals surface area contributed by atoms with Gasteiger partial charge in [-0.1, -0.05) is 0 Å². The summed E-state index contributed by atoms with van der Waals surface area (Å²) in [4.78, 5) is 16.5. The van der Waals surface area contributed by atoms with Crippen molar-refractivity contribution >= 4 is 11.7 Å². The third-order valence-electron chi connectivity index (χ3n) is 2.75. The number of β-amino-alcohol motifs (C(OH)–C–C–N with tert-alkyl or cyclic N) is 1. The van der Waals surface area contributed by atoms with E-state index in [0.29, 0.717) is 5.69 Å². The summed E-state index contributed by atoms with van der Waals surface area (Å²) in [5.41, 5.74) is 0.827. The van der Waals surface area contributed by atoms with Gasteiger partial charge in [-0.25, -0.2) is 9.78 Å². The van der Waals surface area contributed by atoms with Gasteiger partial charge in [0.05, 0.1) is 6.10 Å². The molecular weight excluding hydrogens is 222 g/mol. The van der Waals surface area contributed by atoms with Gasteiger partial charge in [-0.2, -0.15) is 5.26 Å². The molecule has 0 amide bonds. The first-order valence-corrected chi connectivity index (χ1v) is 5.15. The molecule has 1 aliphatic rings. The van der Waals surface area contributed by atoms with Crippen molar-refractivity contribution in [2.45, 2.75) is 18.6 Å². The Kier molecular flexibility index (Phi) is 2.93. The highest BCUT2D eigenvalue weighted by atomic mass is 16.4. The average Bonchev–Trinajstić information content (AvgIpc) is 2.72. The van der Waals surface area contributed by atoms with Crippen LogP contribution in [0, 0.1) is 11.3 Å². The molecule has 88 valence electrons. The number of nitriles is 1. The van der Waals surface area contributed by atoms with Crippen molar-refractivity contribution in [3.05, 3.63) is 24.0 Å². The van der Waals surface area contributed by atoms with E-state index in [4.69, 9.17) is 10.4 Å². The molecule has 0 aliphatic carbocycles. The number of hydrogen-bond acceptors (Lipinski definition) is 5. The third-order valence-corrected chi connectivity index (χ3v) is 2.75. The molecule has 1 aliphatic heterocycles. The molecule has 17 heavy (non-hydrogen) atoms. The molecule has 1 fully saturated rings. The van der Waals surface area contributed by atoms with E-state index in [1.165, 1.54) is 12.3 Å². The summed E-state index contributed by atoms with van der Waals surface area (Å²) in [5, 5.41) is 27.3. The third kappa shape index (κ3) is 2.19. The number of aliphatic carboxylic acids is 1. The van der Waals surface area contributed by atoms with Gasteiger partial charge in [-0.15, -0.1) is 0 Å². The topological polar surface area (TPSA) is 97.5 Å². The van der Waals surface area contributed by atoms with Gasteiger partial charge in [0.2, 0.25) is 0 Å². The predicted octanol–water partition coefficient (Wildman–Crippen LogP) is -0.0225. The Bertz CT molecular complexity index is 483. The molecule has 6 heteroatoms. The Morgan fingerprint density at radius 2 is 2.41 bits per heavy atom. The highest BCUT2D eigenvalue weighted by Gasteiger charge is 2.36. The van der Waals surface area contributed by atoms with Crippen LogP contribution in [0.2, 0.25) is 0 Å². The number of rotatable bonds is 2. The normalized spacial score (nSPS) is 23.4. The lowest BCUT2D eigenvalue weighted by Gasteiger charge is -2.23. The van der Waals surface area contributed by atoms with E-state index in [1.54, 1.807) is 11.0 Å². The van der Waals surface area contributed by atoms with Crippen LogP contribution >= 0.6 is 0 Å². The number of aliphatic hydroxyl groups excluding tert-OH is 1. The first-order valence-electron chi connectivity index (χ1n) is 5.15. The molecule has 2 N–H and O–H groups in total. The lowest BCUT2D eigenvalue weighted by atomic mass is 10.2. The zero-order valence-corrected chi connectivity index (χ0v) is 8.95. The van der Waals surface area contributed by atoms with Crippen molar-refractivity contribution in [2.24, 2.45) is 0 Å². The van der Waals surface area contributed by atoms with Crippen LogP contribution in [0.5, 0.6) is 0 Å². The molecule has 2 rings (SSSR count). The molecule has 0 radical (unpaired) electrons. The van der Waals surface area contributed by atoms with Crippen LogP contribution < -0.4 is 4.90 Å². The molecule has 6 nitrogen and oxygen atoms in total. The molecular formula is C11H11N3O3. The number of pyridine rings is 1. The lowest BCUT2D eigenvalue weighted by Crippen LogP contribution is -2.36. The molecule has 1 aromatic rings. The van der Waals surface area contributed by atoms with Crippen LogP contribution in [0.4, 0.5) is 5.69 Å². The van der Waals surface area contributed by atoms with Crippen LogP contribution in [-0.4, -0.2) is 39.9 Å². The summed E-state index contributed by atoms with van der Waals surface area (Å²) in [7, 11) is 0.